The maximum atomic E-state index is 11.6. The molecule has 6 nitrogen and oxygen atoms in total. The van der Waals surface area contributed by atoms with Gasteiger partial charge in [-0.2, -0.15) is 0 Å². The van der Waals surface area contributed by atoms with Crippen LogP contribution in [0.15, 0.2) is 0 Å². The topological polar surface area (TPSA) is 84.5 Å². The molecule has 100 valence electrons. The van der Waals surface area contributed by atoms with Crippen LogP contribution in [0.4, 0.5) is 0 Å². The molecule has 1 fully saturated rings. The van der Waals surface area contributed by atoms with E-state index in [2.05, 4.69) is 14.8 Å². The molecular weight excluding hydrogens is 244 g/mol. The van der Waals surface area contributed by atoms with Crippen LogP contribution in [0.5, 0.6) is 0 Å². The summed E-state index contributed by atoms with van der Waals surface area (Å²) in [5, 5.41) is 3.21. The van der Waals surface area contributed by atoms with Gasteiger partial charge in [0, 0.05) is 19.0 Å². The maximum Gasteiger partial charge on any atom is 0.305 e. The highest BCUT2D eigenvalue weighted by Crippen LogP contribution is 2.04. The van der Waals surface area contributed by atoms with Crippen LogP contribution in [-0.4, -0.2) is 46.4 Å². The lowest BCUT2D eigenvalue weighted by Gasteiger charge is -2.11. The van der Waals surface area contributed by atoms with Gasteiger partial charge in [-0.3, -0.25) is 4.79 Å². The monoisotopic (exact) mass is 264 g/mol. The fraction of sp³-hybridized carbons (Fsp3) is 0.900. The zero-order chi connectivity index (χ0) is 12.7. The van der Waals surface area contributed by atoms with Crippen molar-refractivity contribution in [3.8, 4) is 0 Å². The standard InChI is InChI=1S/C10H20N2O4S/c1-16-10(13)5-3-7-17(14,15)12-8-9-4-2-6-11-9/h9,11-12H,2-8H2,1H3. The van der Waals surface area contributed by atoms with E-state index in [0.29, 0.717) is 13.0 Å². The molecule has 2 N–H and O–H groups in total. The molecule has 0 amide bonds. The summed E-state index contributed by atoms with van der Waals surface area (Å²) in [5.41, 5.74) is 0. The minimum Gasteiger partial charge on any atom is -0.469 e. The highest BCUT2D eigenvalue weighted by molar-refractivity contribution is 7.89. The summed E-state index contributed by atoms with van der Waals surface area (Å²) in [6, 6.07) is 0.241. The molecule has 0 aromatic carbocycles. The van der Waals surface area contributed by atoms with E-state index >= 15 is 0 Å². The van der Waals surface area contributed by atoms with Crippen molar-refractivity contribution >= 4 is 16.0 Å². The first kappa shape index (κ1) is 14.4. The Kier molecular flexibility index (Phi) is 5.87. The molecule has 0 aromatic heterocycles. The Bertz CT molecular complexity index is 336. The minimum absolute atomic E-state index is 0.0329. The summed E-state index contributed by atoms with van der Waals surface area (Å²) in [7, 11) is -1.98. The largest absolute Gasteiger partial charge is 0.469 e. The van der Waals surface area contributed by atoms with Gasteiger partial charge in [0.2, 0.25) is 10.0 Å². The number of hydrogen-bond acceptors (Lipinski definition) is 5. The van der Waals surface area contributed by atoms with Gasteiger partial charge in [-0.25, -0.2) is 13.1 Å². The highest BCUT2D eigenvalue weighted by Gasteiger charge is 2.17. The number of carbonyl (C=O) groups excluding carboxylic acids is 1. The molecule has 0 spiro atoms. The predicted molar refractivity (Wildman–Crippen MR) is 64.1 cm³/mol. The van der Waals surface area contributed by atoms with E-state index < -0.39 is 10.0 Å². The second-order valence-electron chi connectivity index (χ2n) is 4.14. The first-order valence-electron chi connectivity index (χ1n) is 5.81. The fourth-order valence-corrected chi connectivity index (χ4v) is 2.86. The van der Waals surface area contributed by atoms with Gasteiger partial charge in [0.25, 0.3) is 0 Å². The fourth-order valence-electron chi connectivity index (χ4n) is 1.74. The van der Waals surface area contributed by atoms with Crippen molar-refractivity contribution in [1.29, 1.82) is 0 Å². The summed E-state index contributed by atoms with van der Waals surface area (Å²) in [5.74, 6) is -0.410. The van der Waals surface area contributed by atoms with Gasteiger partial charge in [-0.15, -0.1) is 0 Å². The van der Waals surface area contributed by atoms with Gasteiger partial charge >= 0.3 is 5.97 Å². The SMILES string of the molecule is COC(=O)CCCS(=O)(=O)NCC1CCCN1. The Morgan fingerprint density at radius 2 is 2.29 bits per heavy atom. The van der Waals surface area contributed by atoms with Gasteiger partial charge in [0.15, 0.2) is 0 Å². The summed E-state index contributed by atoms with van der Waals surface area (Å²) in [4.78, 5) is 10.8. The second-order valence-corrected chi connectivity index (χ2v) is 6.07. The average Bonchev–Trinajstić information content (AvgIpc) is 2.79. The van der Waals surface area contributed by atoms with Crippen LogP contribution in [0, 0.1) is 0 Å². The molecule has 0 aliphatic carbocycles. The number of methoxy groups -OCH3 is 1. The number of nitrogens with one attached hydrogen (secondary N) is 2. The second kappa shape index (κ2) is 6.93. The van der Waals surface area contributed by atoms with E-state index in [1.165, 1.54) is 7.11 Å². The maximum absolute atomic E-state index is 11.6. The summed E-state index contributed by atoms with van der Waals surface area (Å²) in [6.45, 7) is 1.38. The van der Waals surface area contributed by atoms with Crippen molar-refractivity contribution in [2.75, 3.05) is 26.0 Å². The quantitative estimate of drug-likeness (QED) is 0.612. The highest BCUT2D eigenvalue weighted by atomic mass is 32.2. The lowest BCUT2D eigenvalue weighted by Crippen LogP contribution is -2.38. The Morgan fingerprint density at radius 3 is 2.88 bits per heavy atom. The molecule has 0 aromatic rings. The van der Waals surface area contributed by atoms with Crippen LogP contribution in [0.2, 0.25) is 0 Å². The van der Waals surface area contributed by atoms with Crippen molar-refractivity contribution in [2.45, 2.75) is 31.7 Å². The van der Waals surface area contributed by atoms with Gasteiger partial charge in [-0.1, -0.05) is 0 Å². The van der Waals surface area contributed by atoms with Crippen LogP contribution in [0.25, 0.3) is 0 Å². The molecule has 0 radical (unpaired) electrons. The molecule has 1 saturated heterocycles. The number of ether oxygens (including phenoxy) is 1. The van der Waals surface area contributed by atoms with E-state index in [0.717, 1.165) is 19.4 Å². The van der Waals surface area contributed by atoms with Crippen molar-refractivity contribution in [1.82, 2.24) is 10.0 Å². The smallest absolute Gasteiger partial charge is 0.305 e. The Morgan fingerprint density at radius 1 is 1.53 bits per heavy atom. The molecule has 1 rings (SSSR count). The molecule has 7 heteroatoms. The van der Waals surface area contributed by atoms with E-state index in [1.807, 2.05) is 0 Å². The Labute approximate surface area is 102 Å². The molecule has 1 aliphatic rings. The molecule has 1 heterocycles. The van der Waals surface area contributed by atoms with Gasteiger partial charge in [0.05, 0.1) is 12.9 Å². The summed E-state index contributed by atoms with van der Waals surface area (Å²) >= 11 is 0. The van der Waals surface area contributed by atoms with Crippen LogP contribution < -0.4 is 10.0 Å². The molecule has 0 saturated carbocycles. The molecule has 17 heavy (non-hydrogen) atoms. The van der Waals surface area contributed by atoms with Crippen molar-refractivity contribution in [2.24, 2.45) is 0 Å². The van der Waals surface area contributed by atoms with E-state index in [-0.39, 0.29) is 24.2 Å². The molecule has 1 aliphatic heterocycles. The van der Waals surface area contributed by atoms with Crippen LogP contribution in [-0.2, 0) is 19.6 Å². The molecule has 0 bridgehead atoms. The zero-order valence-electron chi connectivity index (χ0n) is 10.1. The van der Waals surface area contributed by atoms with E-state index in [9.17, 15) is 13.2 Å². The lowest BCUT2D eigenvalue weighted by atomic mass is 10.2. The average molecular weight is 264 g/mol. The minimum atomic E-state index is -3.27. The first-order valence-corrected chi connectivity index (χ1v) is 7.46. The van der Waals surface area contributed by atoms with Crippen LogP contribution in [0.1, 0.15) is 25.7 Å². The van der Waals surface area contributed by atoms with E-state index in [4.69, 9.17) is 0 Å². The molecular formula is C10H20N2O4S. The third kappa shape index (κ3) is 5.99. The summed E-state index contributed by atoms with van der Waals surface area (Å²) < 4.78 is 30.1. The van der Waals surface area contributed by atoms with Crippen LogP contribution in [0.3, 0.4) is 0 Å². The zero-order valence-corrected chi connectivity index (χ0v) is 10.9. The van der Waals surface area contributed by atoms with Crippen molar-refractivity contribution in [3.05, 3.63) is 0 Å². The van der Waals surface area contributed by atoms with Gasteiger partial charge in [0.1, 0.15) is 0 Å². The van der Waals surface area contributed by atoms with Crippen LogP contribution >= 0.6 is 0 Å². The predicted octanol–water partition coefficient (Wildman–Crippen LogP) is -0.389. The third-order valence-corrected chi connectivity index (χ3v) is 4.17. The van der Waals surface area contributed by atoms with Gasteiger partial charge < -0.3 is 10.1 Å². The first-order chi connectivity index (χ1) is 8.03. The number of esters is 1. The summed E-state index contributed by atoms with van der Waals surface area (Å²) in [6.07, 6.45) is 2.53. The third-order valence-electron chi connectivity index (χ3n) is 2.73. The van der Waals surface area contributed by atoms with Crippen molar-refractivity contribution < 1.29 is 17.9 Å². The number of sulfonamides is 1. The van der Waals surface area contributed by atoms with Crippen molar-refractivity contribution in [3.63, 3.8) is 0 Å². The normalized spacial score (nSPS) is 20.4. The van der Waals surface area contributed by atoms with E-state index in [1.54, 1.807) is 0 Å². The van der Waals surface area contributed by atoms with Gasteiger partial charge in [-0.05, 0) is 25.8 Å². The number of hydrogen-bond donors (Lipinski definition) is 2. The lowest BCUT2D eigenvalue weighted by molar-refractivity contribution is -0.140. The Balaban J connectivity index is 2.18. The Hall–Kier alpha value is -0.660. The number of carbonyl (C=O) groups is 1. The molecule has 1 atom stereocenters. The molecule has 1 unspecified atom stereocenters. The number of rotatable bonds is 7.